The van der Waals surface area contributed by atoms with Gasteiger partial charge in [-0.25, -0.2) is 19.7 Å². The third-order valence-electron chi connectivity index (χ3n) is 7.39. The van der Waals surface area contributed by atoms with Crippen molar-refractivity contribution in [1.29, 1.82) is 0 Å². The van der Waals surface area contributed by atoms with Crippen LogP contribution in [0, 0.1) is 6.92 Å². The van der Waals surface area contributed by atoms with Crippen molar-refractivity contribution < 1.29 is 14.6 Å². The van der Waals surface area contributed by atoms with Crippen molar-refractivity contribution >= 4 is 17.6 Å². The van der Waals surface area contributed by atoms with Crippen molar-refractivity contribution in [2.75, 3.05) is 5.32 Å². The van der Waals surface area contributed by atoms with E-state index in [4.69, 9.17) is 4.74 Å². The van der Waals surface area contributed by atoms with E-state index in [1.165, 1.54) is 12.8 Å². The Morgan fingerprint density at radius 1 is 1.05 bits per heavy atom. The van der Waals surface area contributed by atoms with Gasteiger partial charge in [0.25, 0.3) is 0 Å². The highest BCUT2D eigenvalue weighted by atomic mass is 16.5. The number of anilines is 2. The molecule has 0 radical (unpaired) electrons. The number of imidazole rings is 1. The van der Waals surface area contributed by atoms with E-state index in [0.29, 0.717) is 48.8 Å². The number of rotatable bonds is 7. The van der Waals surface area contributed by atoms with Crippen LogP contribution in [0.25, 0.3) is 5.69 Å². The molecular formula is C30H31N5O3. The lowest BCUT2D eigenvalue weighted by Gasteiger charge is -2.34. The number of carbonyl (C=O) groups excluding carboxylic acids is 1. The van der Waals surface area contributed by atoms with E-state index in [1.54, 1.807) is 24.7 Å². The molecule has 8 heteroatoms. The van der Waals surface area contributed by atoms with Crippen molar-refractivity contribution in [2.24, 2.45) is 0 Å². The number of aryl methyl sites for hydroxylation is 1. The Morgan fingerprint density at radius 2 is 1.84 bits per heavy atom. The van der Waals surface area contributed by atoms with E-state index in [-0.39, 0.29) is 12.1 Å². The molecule has 194 valence electrons. The molecule has 2 aromatic carbocycles. The van der Waals surface area contributed by atoms with Crippen LogP contribution < -0.4 is 5.32 Å². The number of carbonyl (C=O) groups is 1. The quantitative estimate of drug-likeness (QED) is 0.314. The predicted octanol–water partition coefficient (Wildman–Crippen LogP) is 5.58. The minimum atomic E-state index is -1.05. The van der Waals surface area contributed by atoms with Gasteiger partial charge in [0.1, 0.15) is 11.7 Å². The highest BCUT2D eigenvalue weighted by Crippen LogP contribution is 2.39. The zero-order chi connectivity index (χ0) is 26.1. The van der Waals surface area contributed by atoms with Gasteiger partial charge in [0.15, 0.2) is 0 Å². The summed E-state index contributed by atoms with van der Waals surface area (Å²) in [5.74, 6) is 0.836. The lowest BCUT2D eigenvalue weighted by molar-refractivity contribution is -0.0485. The lowest BCUT2D eigenvalue weighted by Crippen LogP contribution is -2.35. The molecule has 0 bridgehead atoms. The van der Waals surface area contributed by atoms with Gasteiger partial charge in [-0.05, 0) is 87.4 Å². The first-order chi connectivity index (χ1) is 18.4. The van der Waals surface area contributed by atoms with Crippen LogP contribution in [0.5, 0.6) is 0 Å². The van der Waals surface area contributed by atoms with Gasteiger partial charge in [-0.3, -0.25) is 0 Å². The van der Waals surface area contributed by atoms with E-state index in [0.717, 1.165) is 22.6 Å². The number of nitrogens with one attached hydrogen (secondary N) is 1. The summed E-state index contributed by atoms with van der Waals surface area (Å²) in [4.78, 5) is 26.0. The number of benzene rings is 2. The molecule has 2 aromatic heterocycles. The molecule has 2 saturated carbocycles. The Kier molecular flexibility index (Phi) is 6.41. The van der Waals surface area contributed by atoms with Crippen molar-refractivity contribution in [3.05, 3.63) is 95.8 Å². The maximum absolute atomic E-state index is 12.4. The number of esters is 1. The Hall–Kier alpha value is -4.04. The largest absolute Gasteiger partial charge is 0.459 e. The number of aromatic nitrogens is 4. The molecule has 8 nitrogen and oxygen atoms in total. The fourth-order valence-corrected chi connectivity index (χ4v) is 5.09. The summed E-state index contributed by atoms with van der Waals surface area (Å²) >= 11 is 0. The van der Waals surface area contributed by atoms with Gasteiger partial charge in [-0.1, -0.05) is 18.2 Å². The maximum atomic E-state index is 12.4. The molecule has 38 heavy (non-hydrogen) atoms. The van der Waals surface area contributed by atoms with Crippen LogP contribution in [-0.4, -0.2) is 36.7 Å². The summed E-state index contributed by atoms with van der Waals surface area (Å²) in [6.07, 6.45) is 9.73. The smallest absolute Gasteiger partial charge is 0.338 e. The molecule has 2 N–H and O–H groups in total. The standard InChI is InChI=1S/C30H31N5O3/c1-20-15-23(33-29-31-14-11-26(34-29)21-7-8-21)17-24(16-20)35-18-27(32-19-35)30(37)12-9-25(10-13-30)38-28(36)22-5-3-2-4-6-22/h2-6,11,14-19,21,25,37H,7-10,12-13H2,1H3,(H,31,33,34)/t25-,30+. The Bertz CT molecular complexity index is 1440. The number of nitrogens with zero attached hydrogens (tertiary/aromatic N) is 4. The molecule has 0 amide bonds. The molecule has 6 rings (SSSR count). The van der Waals surface area contributed by atoms with E-state index in [1.807, 2.05) is 48.0 Å². The van der Waals surface area contributed by atoms with E-state index >= 15 is 0 Å². The summed E-state index contributed by atoms with van der Waals surface area (Å²) in [7, 11) is 0. The SMILES string of the molecule is Cc1cc(Nc2nccc(C3CC3)n2)cc(-n2cnc([C@]3(O)CC[C@@H](OC(=O)c4ccccc4)CC3)c2)c1. The van der Waals surface area contributed by atoms with Gasteiger partial charge in [-0.15, -0.1) is 0 Å². The zero-order valence-corrected chi connectivity index (χ0v) is 21.4. The monoisotopic (exact) mass is 509 g/mol. The van der Waals surface area contributed by atoms with Crippen LogP contribution >= 0.6 is 0 Å². The van der Waals surface area contributed by atoms with E-state index in [9.17, 15) is 9.90 Å². The molecule has 0 unspecified atom stereocenters. The minimum Gasteiger partial charge on any atom is -0.459 e. The second-order valence-electron chi connectivity index (χ2n) is 10.4. The van der Waals surface area contributed by atoms with Crippen LogP contribution in [0.3, 0.4) is 0 Å². The molecule has 0 atom stereocenters. The third kappa shape index (κ3) is 5.31. The van der Waals surface area contributed by atoms with Gasteiger partial charge < -0.3 is 19.7 Å². The number of hydrogen-bond acceptors (Lipinski definition) is 7. The van der Waals surface area contributed by atoms with E-state index in [2.05, 4.69) is 32.4 Å². The Balaban J connectivity index is 1.13. The molecule has 2 heterocycles. The lowest BCUT2D eigenvalue weighted by atomic mass is 9.81. The topological polar surface area (TPSA) is 102 Å². The average Bonchev–Trinajstić information content (AvgIpc) is 3.66. The van der Waals surface area contributed by atoms with Gasteiger partial charge in [0.2, 0.25) is 5.95 Å². The highest BCUT2D eigenvalue weighted by Gasteiger charge is 2.38. The molecule has 0 spiro atoms. The first-order valence-corrected chi connectivity index (χ1v) is 13.2. The molecule has 0 saturated heterocycles. The summed E-state index contributed by atoms with van der Waals surface area (Å²) in [5.41, 5.74) is 4.11. The molecule has 2 aliphatic carbocycles. The van der Waals surface area contributed by atoms with Gasteiger partial charge in [-0.2, -0.15) is 0 Å². The summed E-state index contributed by atoms with van der Waals surface area (Å²) in [5, 5.41) is 14.7. The molecular weight excluding hydrogens is 478 g/mol. The third-order valence-corrected chi connectivity index (χ3v) is 7.39. The zero-order valence-electron chi connectivity index (χ0n) is 21.4. The average molecular weight is 510 g/mol. The Labute approximate surface area is 221 Å². The van der Waals surface area contributed by atoms with Gasteiger partial charge >= 0.3 is 5.97 Å². The van der Waals surface area contributed by atoms with Crippen molar-refractivity contribution in [3.63, 3.8) is 0 Å². The molecule has 2 fully saturated rings. The highest BCUT2D eigenvalue weighted by molar-refractivity contribution is 5.89. The molecule has 2 aliphatic rings. The maximum Gasteiger partial charge on any atom is 0.338 e. The normalized spacial score (nSPS) is 21.2. The Morgan fingerprint density at radius 3 is 2.61 bits per heavy atom. The van der Waals surface area contributed by atoms with Crippen molar-refractivity contribution in [3.8, 4) is 5.69 Å². The van der Waals surface area contributed by atoms with Crippen LogP contribution in [-0.2, 0) is 10.3 Å². The van der Waals surface area contributed by atoms with Crippen molar-refractivity contribution in [1.82, 2.24) is 19.5 Å². The summed E-state index contributed by atoms with van der Waals surface area (Å²) in [6.45, 7) is 2.04. The predicted molar refractivity (Wildman–Crippen MR) is 144 cm³/mol. The van der Waals surface area contributed by atoms with Crippen LogP contribution in [0.2, 0.25) is 0 Å². The molecule has 0 aliphatic heterocycles. The number of hydrogen-bond donors (Lipinski definition) is 2. The summed E-state index contributed by atoms with van der Waals surface area (Å²) in [6, 6.07) is 17.1. The van der Waals surface area contributed by atoms with Crippen LogP contribution in [0.15, 0.2) is 73.3 Å². The first kappa shape index (κ1) is 24.3. The minimum absolute atomic E-state index is 0.212. The van der Waals surface area contributed by atoms with Crippen LogP contribution in [0.1, 0.15) is 71.8 Å². The molecule has 4 aromatic rings. The fraction of sp³-hybridized carbons (Fsp3) is 0.333. The number of aliphatic hydroxyl groups is 1. The van der Waals surface area contributed by atoms with Gasteiger partial charge in [0.05, 0.1) is 17.6 Å². The van der Waals surface area contributed by atoms with Crippen molar-refractivity contribution in [2.45, 2.75) is 63.1 Å². The first-order valence-electron chi connectivity index (χ1n) is 13.2. The van der Waals surface area contributed by atoms with Gasteiger partial charge in [0, 0.05) is 35.4 Å². The van der Waals surface area contributed by atoms with Crippen LogP contribution in [0.4, 0.5) is 11.6 Å². The second-order valence-corrected chi connectivity index (χ2v) is 10.4. The number of ether oxygens (including phenoxy) is 1. The second kappa shape index (κ2) is 10.0. The fourth-order valence-electron chi connectivity index (χ4n) is 5.09. The summed E-state index contributed by atoms with van der Waals surface area (Å²) < 4.78 is 7.61. The van der Waals surface area contributed by atoms with E-state index < -0.39 is 5.60 Å².